The van der Waals surface area contributed by atoms with Crippen molar-refractivity contribution in [3.05, 3.63) is 106 Å². The van der Waals surface area contributed by atoms with Crippen LogP contribution in [0.15, 0.2) is 66.7 Å². The minimum absolute atomic E-state index is 0.107. The van der Waals surface area contributed by atoms with Gasteiger partial charge in [0.1, 0.15) is 18.2 Å². The van der Waals surface area contributed by atoms with Crippen LogP contribution in [-0.2, 0) is 11.6 Å². The number of Topliss-reactive ketones (excluding diaryl/α,β-unsaturated/α-hetero) is 1. The van der Waals surface area contributed by atoms with Gasteiger partial charge in [0.2, 0.25) is 0 Å². The van der Waals surface area contributed by atoms with Crippen molar-refractivity contribution in [3.63, 3.8) is 0 Å². The molecule has 38 heavy (non-hydrogen) atoms. The van der Waals surface area contributed by atoms with Crippen molar-refractivity contribution in [2.45, 2.75) is 24.7 Å². The monoisotopic (exact) mass is 544 g/mol. The summed E-state index contributed by atoms with van der Waals surface area (Å²) in [4.78, 5) is 24.3. The SMILES string of the molecule is CC(=O)c1cc(F)cc(C(CNC(=O)NCC(F)(F)F)(c2ccccc2)c2ccc(F)c(C(F)(F)F)c2)c1. The van der Waals surface area contributed by atoms with Gasteiger partial charge in [-0.2, -0.15) is 26.3 Å². The first kappa shape index (κ1) is 28.6. The predicted octanol–water partition coefficient (Wildman–Crippen LogP) is 6.38. The molecule has 4 nitrogen and oxygen atoms in total. The van der Waals surface area contributed by atoms with Crippen molar-refractivity contribution in [1.82, 2.24) is 10.6 Å². The fourth-order valence-electron chi connectivity index (χ4n) is 4.03. The first-order chi connectivity index (χ1) is 17.6. The Morgan fingerprint density at radius 1 is 0.737 bits per heavy atom. The number of carbonyl (C=O) groups excluding carboxylic acids is 2. The van der Waals surface area contributed by atoms with Gasteiger partial charge in [0.05, 0.1) is 11.0 Å². The lowest BCUT2D eigenvalue weighted by atomic mass is 9.68. The topological polar surface area (TPSA) is 58.2 Å². The number of benzene rings is 3. The first-order valence-corrected chi connectivity index (χ1v) is 11.0. The van der Waals surface area contributed by atoms with Gasteiger partial charge >= 0.3 is 18.4 Å². The second-order valence-electron chi connectivity index (χ2n) is 8.40. The van der Waals surface area contributed by atoms with E-state index in [-0.39, 0.29) is 22.3 Å². The standard InChI is InChI=1S/C26H20F8N2O2/c1-15(37)16-9-19(11-20(27)10-16)24(17-5-3-2-4-6-17,13-35-23(38)36-14-25(29,30)31)18-7-8-22(28)21(12-18)26(32,33)34/h2-12H,13-14H2,1H3,(H2,35,36,38). The maximum absolute atomic E-state index is 14.7. The lowest BCUT2D eigenvalue weighted by Crippen LogP contribution is -2.48. The minimum atomic E-state index is -5.13. The summed E-state index contributed by atoms with van der Waals surface area (Å²) in [7, 11) is 0. The summed E-state index contributed by atoms with van der Waals surface area (Å²) in [6.07, 6.45) is -9.88. The minimum Gasteiger partial charge on any atom is -0.337 e. The molecule has 1 unspecified atom stereocenters. The van der Waals surface area contributed by atoms with Gasteiger partial charge in [-0.3, -0.25) is 4.79 Å². The summed E-state index contributed by atoms with van der Waals surface area (Å²) >= 11 is 0. The van der Waals surface area contributed by atoms with Crippen molar-refractivity contribution in [2.24, 2.45) is 0 Å². The molecule has 0 aliphatic carbocycles. The number of nitrogens with one attached hydrogen (secondary N) is 2. The molecule has 1 atom stereocenters. The van der Waals surface area contributed by atoms with Crippen LogP contribution in [-0.4, -0.2) is 31.1 Å². The van der Waals surface area contributed by atoms with Crippen LogP contribution in [0.2, 0.25) is 0 Å². The molecule has 2 N–H and O–H groups in total. The Morgan fingerprint density at radius 2 is 1.37 bits per heavy atom. The van der Waals surface area contributed by atoms with Gasteiger partial charge in [-0.1, -0.05) is 36.4 Å². The predicted molar refractivity (Wildman–Crippen MR) is 122 cm³/mol. The molecule has 0 aliphatic heterocycles. The zero-order chi connectivity index (χ0) is 28.3. The Balaban J connectivity index is 2.31. The Morgan fingerprint density at radius 3 is 1.95 bits per heavy atom. The van der Waals surface area contributed by atoms with Crippen LogP contribution in [0.4, 0.5) is 39.9 Å². The fourth-order valence-corrected chi connectivity index (χ4v) is 4.03. The zero-order valence-electron chi connectivity index (χ0n) is 19.6. The normalized spacial score (nSPS) is 13.5. The second kappa shape index (κ2) is 10.8. The van der Waals surface area contributed by atoms with Crippen LogP contribution >= 0.6 is 0 Å². The van der Waals surface area contributed by atoms with Gasteiger partial charge in [-0.05, 0) is 53.9 Å². The molecular weight excluding hydrogens is 524 g/mol. The number of carbonyl (C=O) groups is 2. The van der Waals surface area contributed by atoms with E-state index in [1.54, 1.807) is 11.4 Å². The highest BCUT2D eigenvalue weighted by atomic mass is 19.4. The number of amides is 2. The maximum atomic E-state index is 14.7. The molecule has 0 heterocycles. The molecule has 0 saturated carbocycles. The van der Waals surface area contributed by atoms with E-state index in [2.05, 4.69) is 5.32 Å². The number of hydrogen-bond acceptors (Lipinski definition) is 2. The largest absolute Gasteiger partial charge is 0.419 e. The highest BCUT2D eigenvalue weighted by molar-refractivity contribution is 5.94. The summed E-state index contributed by atoms with van der Waals surface area (Å²) in [5.74, 6) is -3.12. The van der Waals surface area contributed by atoms with E-state index in [0.29, 0.717) is 12.1 Å². The number of halogens is 8. The van der Waals surface area contributed by atoms with Crippen molar-refractivity contribution in [1.29, 1.82) is 0 Å². The Hall–Kier alpha value is -3.96. The highest BCUT2D eigenvalue weighted by Gasteiger charge is 2.41. The lowest BCUT2D eigenvalue weighted by Gasteiger charge is -2.37. The van der Waals surface area contributed by atoms with Gasteiger partial charge in [-0.25, -0.2) is 13.6 Å². The van der Waals surface area contributed by atoms with Crippen LogP contribution in [0, 0.1) is 11.6 Å². The summed E-state index contributed by atoms with van der Waals surface area (Å²) in [6.45, 7) is -1.25. The molecule has 3 aromatic carbocycles. The molecular formula is C26H20F8N2O2. The van der Waals surface area contributed by atoms with Gasteiger partial charge in [0.15, 0.2) is 5.78 Å². The number of hydrogen-bond donors (Lipinski definition) is 2. The summed E-state index contributed by atoms with van der Waals surface area (Å²) in [6, 6.07) is 11.1. The third-order valence-corrected chi connectivity index (χ3v) is 5.79. The third-order valence-electron chi connectivity index (χ3n) is 5.79. The number of alkyl halides is 6. The molecule has 12 heteroatoms. The average Bonchev–Trinajstić information content (AvgIpc) is 2.83. The van der Waals surface area contributed by atoms with Crippen LogP contribution in [0.5, 0.6) is 0 Å². The van der Waals surface area contributed by atoms with Crippen molar-refractivity contribution < 1.29 is 44.7 Å². The van der Waals surface area contributed by atoms with E-state index >= 15 is 0 Å². The van der Waals surface area contributed by atoms with E-state index in [1.165, 1.54) is 30.3 Å². The number of rotatable bonds is 7. The van der Waals surface area contributed by atoms with Crippen molar-refractivity contribution >= 4 is 11.8 Å². The van der Waals surface area contributed by atoms with Crippen LogP contribution in [0.3, 0.4) is 0 Å². The molecule has 0 spiro atoms. The summed E-state index contributed by atoms with van der Waals surface area (Å²) in [5, 5.41) is 3.79. The molecule has 0 aromatic heterocycles. The van der Waals surface area contributed by atoms with Gasteiger partial charge in [0, 0.05) is 12.1 Å². The molecule has 202 valence electrons. The molecule has 0 radical (unpaired) electrons. The molecule has 0 saturated heterocycles. The Bertz CT molecular complexity index is 1320. The highest BCUT2D eigenvalue weighted by Crippen LogP contribution is 2.42. The number of ketones is 1. The third kappa shape index (κ3) is 6.48. The first-order valence-electron chi connectivity index (χ1n) is 11.0. The molecule has 0 aliphatic rings. The van der Waals surface area contributed by atoms with Crippen LogP contribution in [0.1, 0.15) is 39.5 Å². The molecule has 2 amide bonds. The summed E-state index contributed by atoms with van der Waals surface area (Å²) in [5.41, 5.74) is -3.91. The van der Waals surface area contributed by atoms with Crippen molar-refractivity contribution in [2.75, 3.05) is 13.1 Å². The van der Waals surface area contributed by atoms with Gasteiger partial charge in [-0.15, -0.1) is 0 Å². The van der Waals surface area contributed by atoms with E-state index in [1.807, 2.05) is 0 Å². The van der Waals surface area contributed by atoms with Crippen LogP contribution < -0.4 is 10.6 Å². The average molecular weight is 544 g/mol. The summed E-state index contributed by atoms with van der Waals surface area (Å²) < 4.78 is 108. The zero-order valence-corrected chi connectivity index (χ0v) is 19.6. The van der Waals surface area contributed by atoms with E-state index in [9.17, 15) is 44.7 Å². The van der Waals surface area contributed by atoms with E-state index in [4.69, 9.17) is 0 Å². The molecule has 3 aromatic rings. The van der Waals surface area contributed by atoms with Crippen LogP contribution in [0.25, 0.3) is 0 Å². The molecule has 0 bridgehead atoms. The smallest absolute Gasteiger partial charge is 0.337 e. The molecule has 0 fully saturated rings. The van der Waals surface area contributed by atoms with E-state index < -0.39 is 59.9 Å². The van der Waals surface area contributed by atoms with E-state index in [0.717, 1.165) is 25.1 Å². The Labute approximate surface area is 211 Å². The number of urea groups is 1. The van der Waals surface area contributed by atoms with Crippen molar-refractivity contribution in [3.8, 4) is 0 Å². The fraction of sp³-hybridized carbons (Fsp3) is 0.231. The lowest BCUT2D eigenvalue weighted by molar-refractivity contribution is -0.140. The van der Waals surface area contributed by atoms with Gasteiger partial charge < -0.3 is 10.6 Å². The molecule has 3 rings (SSSR count). The Kier molecular flexibility index (Phi) is 8.13. The van der Waals surface area contributed by atoms with Gasteiger partial charge in [0.25, 0.3) is 0 Å². The quantitative estimate of drug-likeness (QED) is 0.206. The maximum Gasteiger partial charge on any atom is 0.419 e. The second-order valence-corrected chi connectivity index (χ2v) is 8.40.